The van der Waals surface area contributed by atoms with Crippen molar-refractivity contribution in [2.24, 2.45) is 0 Å². The standard InChI is InChI=1S/C14H23N5O/c1-3-4-12-9-11(10-13(15)16-12)14(20)17-19-7-5-18(2)6-8-19/h9-10H,3-8H2,1-2H3,(H2,15,16)(H,17,20). The molecular weight excluding hydrogens is 254 g/mol. The van der Waals surface area contributed by atoms with Gasteiger partial charge in [-0.3, -0.25) is 10.2 Å². The molecule has 1 aromatic heterocycles. The van der Waals surface area contributed by atoms with Crippen molar-refractivity contribution in [2.45, 2.75) is 19.8 Å². The van der Waals surface area contributed by atoms with Crippen molar-refractivity contribution >= 4 is 11.7 Å². The van der Waals surface area contributed by atoms with E-state index in [0.717, 1.165) is 44.7 Å². The van der Waals surface area contributed by atoms with Crippen molar-refractivity contribution in [1.82, 2.24) is 20.3 Å². The van der Waals surface area contributed by atoms with Crippen molar-refractivity contribution < 1.29 is 4.79 Å². The number of nitrogens with one attached hydrogen (secondary N) is 1. The van der Waals surface area contributed by atoms with Crippen LogP contribution in [-0.2, 0) is 6.42 Å². The van der Waals surface area contributed by atoms with Crippen LogP contribution >= 0.6 is 0 Å². The number of likely N-dealkylation sites (N-methyl/N-ethyl adjacent to an activating group) is 1. The molecule has 0 radical (unpaired) electrons. The highest BCUT2D eigenvalue weighted by Crippen LogP contribution is 2.10. The molecule has 1 aliphatic rings. The first-order valence-electron chi connectivity index (χ1n) is 7.09. The molecule has 0 aromatic carbocycles. The van der Waals surface area contributed by atoms with Gasteiger partial charge in [-0.05, 0) is 25.6 Å². The minimum absolute atomic E-state index is 0.110. The number of aromatic nitrogens is 1. The number of nitrogen functional groups attached to an aromatic ring is 1. The van der Waals surface area contributed by atoms with E-state index in [-0.39, 0.29) is 5.91 Å². The van der Waals surface area contributed by atoms with Crippen LogP contribution in [0.25, 0.3) is 0 Å². The number of nitrogens with zero attached hydrogens (tertiary/aromatic N) is 3. The highest BCUT2D eigenvalue weighted by Gasteiger charge is 2.17. The summed E-state index contributed by atoms with van der Waals surface area (Å²) in [6, 6.07) is 3.45. The summed E-state index contributed by atoms with van der Waals surface area (Å²) in [7, 11) is 2.08. The Morgan fingerprint density at radius 2 is 2.05 bits per heavy atom. The van der Waals surface area contributed by atoms with E-state index >= 15 is 0 Å². The molecule has 110 valence electrons. The molecule has 6 heteroatoms. The number of carbonyl (C=O) groups excluding carboxylic acids is 1. The Morgan fingerprint density at radius 3 is 2.70 bits per heavy atom. The number of nitrogens with two attached hydrogens (primary N) is 1. The smallest absolute Gasteiger partial charge is 0.265 e. The van der Waals surface area contributed by atoms with Crippen LogP contribution in [0.3, 0.4) is 0 Å². The number of hydrogen-bond donors (Lipinski definition) is 2. The number of amides is 1. The fourth-order valence-corrected chi connectivity index (χ4v) is 2.25. The molecule has 1 amide bonds. The SMILES string of the molecule is CCCc1cc(C(=O)NN2CCN(C)CC2)cc(N)n1. The lowest BCUT2D eigenvalue weighted by Gasteiger charge is -2.32. The molecule has 2 heterocycles. The fraction of sp³-hybridized carbons (Fsp3) is 0.571. The van der Waals surface area contributed by atoms with Gasteiger partial charge >= 0.3 is 0 Å². The third kappa shape index (κ3) is 3.91. The van der Waals surface area contributed by atoms with E-state index in [2.05, 4.69) is 29.3 Å². The average Bonchev–Trinajstić information content (AvgIpc) is 2.41. The first-order valence-corrected chi connectivity index (χ1v) is 7.09. The molecule has 0 aliphatic carbocycles. The van der Waals surface area contributed by atoms with Crippen molar-refractivity contribution in [3.8, 4) is 0 Å². The van der Waals surface area contributed by atoms with Crippen LogP contribution < -0.4 is 11.2 Å². The lowest BCUT2D eigenvalue weighted by molar-refractivity contribution is 0.0662. The zero-order valence-corrected chi connectivity index (χ0v) is 12.2. The Labute approximate surface area is 119 Å². The van der Waals surface area contributed by atoms with Gasteiger partial charge in [0.15, 0.2) is 0 Å². The van der Waals surface area contributed by atoms with E-state index in [1.54, 1.807) is 6.07 Å². The predicted molar refractivity (Wildman–Crippen MR) is 79.2 cm³/mol. The van der Waals surface area contributed by atoms with Gasteiger partial charge in [-0.25, -0.2) is 9.99 Å². The largest absolute Gasteiger partial charge is 0.384 e. The van der Waals surface area contributed by atoms with Gasteiger partial charge in [0.25, 0.3) is 5.91 Å². The maximum atomic E-state index is 12.3. The molecule has 1 fully saturated rings. The summed E-state index contributed by atoms with van der Waals surface area (Å²) in [6.07, 6.45) is 1.82. The van der Waals surface area contributed by atoms with Gasteiger partial charge < -0.3 is 10.6 Å². The number of hydrogen-bond acceptors (Lipinski definition) is 5. The minimum atomic E-state index is -0.110. The van der Waals surface area contributed by atoms with Crippen LogP contribution in [0.15, 0.2) is 12.1 Å². The quantitative estimate of drug-likeness (QED) is 0.839. The van der Waals surface area contributed by atoms with Gasteiger partial charge in [-0.1, -0.05) is 13.3 Å². The van der Waals surface area contributed by atoms with Crippen LogP contribution in [0, 0.1) is 0 Å². The molecule has 1 saturated heterocycles. The Morgan fingerprint density at radius 1 is 1.35 bits per heavy atom. The molecule has 0 bridgehead atoms. The van der Waals surface area contributed by atoms with Gasteiger partial charge in [-0.15, -0.1) is 0 Å². The lowest BCUT2D eigenvalue weighted by Crippen LogP contribution is -2.52. The first kappa shape index (κ1) is 14.7. The number of aryl methyl sites for hydroxylation is 1. The second kappa shape index (κ2) is 6.67. The maximum absolute atomic E-state index is 12.3. The molecule has 0 unspecified atom stereocenters. The maximum Gasteiger partial charge on any atom is 0.265 e. The molecule has 0 atom stereocenters. The normalized spacial score (nSPS) is 17.1. The van der Waals surface area contributed by atoms with Gasteiger partial charge in [0, 0.05) is 37.4 Å². The van der Waals surface area contributed by atoms with Crippen molar-refractivity contribution in [3.05, 3.63) is 23.4 Å². The molecule has 6 nitrogen and oxygen atoms in total. The van der Waals surface area contributed by atoms with Crippen molar-refractivity contribution in [2.75, 3.05) is 39.0 Å². The molecule has 20 heavy (non-hydrogen) atoms. The summed E-state index contributed by atoms with van der Waals surface area (Å²) in [5.41, 5.74) is 10.2. The van der Waals surface area contributed by atoms with Gasteiger partial charge in [0.2, 0.25) is 0 Å². The lowest BCUT2D eigenvalue weighted by atomic mass is 10.1. The average molecular weight is 277 g/mol. The van der Waals surface area contributed by atoms with E-state index in [9.17, 15) is 4.79 Å². The monoisotopic (exact) mass is 277 g/mol. The Hall–Kier alpha value is -1.66. The molecule has 0 spiro atoms. The molecule has 2 rings (SSSR count). The first-order chi connectivity index (χ1) is 9.58. The van der Waals surface area contributed by atoms with Crippen molar-refractivity contribution in [3.63, 3.8) is 0 Å². The highest BCUT2D eigenvalue weighted by molar-refractivity contribution is 5.94. The fourth-order valence-electron chi connectivity index (χ4n) is 2.25. The topological polar surface area (TPSA) is 74.5 Å². The molecule has 1 aromatic rings. The summed E-state index contributed by atoms with van der Waals surface area (Å²) in [5, 5.41) is 1.96. The Balaban J connectivity index is 2.01. The number of pyridine rings is 1. The molecule has 3 N–H and O–H groups in total. The summed E-state index contributed by atoms with van der Waals surface area (Å²) < 4.78 is 0. The molecule has 1 aliphatic heterocycles. The predicted octanol–water partition coefficient (Wildman–Crippen LogP) is 0.509. The number of anilines is 1. The summed E-state index contributed by atoms with van der Waals surface area (Å²) in [6.45, 7) is 5.67. The van der Waals surface area contributed by atoms with Crippen LogP contribution in [0.2, 0.25) is 0 Å². The summed E-state index contributed by atoms with van der Waals surface area (Å²) in [4.78, 5) is 18.7. The molecule has 0 saturated carbocycles. The van der Waals surface area contributed by atoms with Crippen LogP contribution in [0.1, 0.15) is 29.4 Å². The van der Waals surface area contributed by atoms with Gasteiger partial charge in [-0.2, -0.15) is 0 Å². The third-order valence-corrected chi connectivity index (χ3v) is 3.43. The van der Waals surface area contributed by atoms with E-state index in [0.29, 0.717) is 11.4 Å². The van der Waals surface area contributed by atoms with E-state index in [1.807, 2.05) is 11.1 Å². The van der Waals surface area contributed by atoms with Gasteiger partial charge in [0.1, 0.15) is 5.82 Å². The zero-order valence-electron chi connectivity index (χ0n) is 12.2. The van der Waals surface area contributed by atoms with Crippen molar-refractivity contribution in [1.29, 1.82) is 0 Å². The van der Waals surface area contributed by atoms with E-state index < -0.39 is 0 Å². The highest BCUT2D eigenvalue weighted by atomic mass is 16.2. The van der Waals surface area contributed by atoms with Gasteiger partial charge in [0.05, 0.1) is 0 Å². The second-order valence-corrected chi connectivity index (χ2v) is 5.25. The summed E-state index contributed by atoms with van der Waals surface area (Å²) >= 11 is 0. The van der Waals surface area contributed by atoms with Crippen LogP contribution in [-0.4, -0.2) is 54.0 Å². The second-order valence-electron chi connectivity index (χ2n) is 5.25. The number of rotatable bonds is 4. The number of hydrazine groups is 1. The van der Waals surface area contributed by atoms with E-state index in [4.69, 9.17) is 5.73 Å². The number of piperazine rings is 1. The summed E-state index contributed by atoms with van der Waals surface area (Å²) in [5.74, 6) is 0.292. The minimum Gasteiger partial charge on any atom is -0.384 e. The zero-order chi connectivity index (χ0) is 14.5. The molecular formula is C14H23N5O. The van der Waals surface area contributed by atoms with E-state index in [1.165, 1.54) is 0 Å². The Bertz CT molecular complexity index is 469. The third-order valence-electron chi connectivity index (χ3n) is 3.43. The van der Waals surface area contributed by atoms with Crippen LogP contribution in [0.5, 0.6) is 0 Å². The van der Waals surface area contributed by atoms with Crippen LogP contribution in [0.4, 0.5) is 5.82 Å². The Kier molecular flexibility index (Phi) is 4.92. The number of carbonyl (C=O) groups is 1.